The first-order valence-corrected chi connectivity index (χ1v) is 9.18. The molecule has 0 aromatic rings. The number of fused-ring (bicyclic) bond motifs is 3. The van der Waals surface area contributed by atoms with Crippen LogP contribution in [0.5, 0.6) is 0 Å². The van der Waals surface area contributed by atoms with Crippen LogP contribution in [0.3, 0.4) is 0 Å². The molecular formula is C20H32O. The van der Waals surface area contributed by atoms with Gasteiger partial charge in [-0.25, -0.2) is 0 Å². The fourth-order valence-electron chi connectivity index (χ4n) is 7.69. The van der Waals surface area contributed by atoms with Crippen molar-refractivity contribution in [2.45, 2.75) is 78.2 Å². The Labute approximate surface area is 130 Å². The van der Waals surface area contributed by atoms with Gasteiger partial charge in [0.2, 0.25) is 0 Å². The second-order valence-electron chi connectivity index (χ2n) is 9.68. The van der Waals surface area contributed by atoms with E-state index >= 15 is 0 Å². The van der Waals surface area contributed by atoms with E-state index in [0.717, 1.165) is 11.8 Å². The molecule has 4 rings (SSSR count). The van der Waals surface area contributed by atoms with Gasteiger partial charge in [0.15, 0.2) is 0 Å². The first-order chi connectivity index (χ1) is 9.81. The van der Waals surface area contributed by atoms with Crippen molar-refractivity contribution in [1.29, 1.82) is 0 Å². The van der Waals surface area contributed by atoms with Crippen molar-refractivity contribution in [2.75, 3.05) is 0 Å². The monoisotopic (exact) mass is 288 g/mol. The largest absolute Gasteiger partial charge is 0.388 e. The van der Waals surface area contributed by atoms with Crippen LogP contribution in [0.2, 0.25) is 0 Å². The SMILES string of the molecule is C=C1[C@@H]2CC[C@@H]3[C@]4(C)CCCC(C)(C)[C@H]4CC[C@]3(C2)[C@H]1O. The van der Waals surface area contributed by atoms with E-state index in [-0.39, 0.29) is 11.5 Å². The van der Waals surface area contributed by atoms with Crippen molar-refractivity contribution in [3.63, 3.8) is 0 Å². The van der Waals surface area contributed by atoms with Crippen LogP contribution in [0.4, 0.5) is 0 Å². The Morgan fingerprint density at radius 1 is 1.00 bits per heavy atom. The third kappa shape index (κ3) is 1.62. The summed E-state index contributed by atoms with van der Waals surface area (Å²) in [4.78, 5) is 0. The summed E-state index contributed by atoms with van der Waals surface area (Å²) in [6.07, 6.45) is 10.4. The highest BCUT2D eigenvalue weighted by molar-refractivity contribution is 5.27. The van der Waals surface area contributed by atoms with Crippen LogP contribution >= 0.6 is 0 Å². The highest BCUT2D eigenvalue weighted by Gasteiger charge is 2.65. The van der Waals surface area contributed by atoms with Crippen molar-refractivity contribution < 1.29 is 5.11 Å². The summed E-state index contributed by atoms with van der Waals surface area (Å²) in [5, 5.41) is 11.0. The Bertz CT molecular complexity index is 478. The Kier molecular flexibility index (Phi) is 2.83. The molecule has 1 N–H and O–H groups in total. The molecule has 0 aromatic heterocycles. The standard InChI is InChI=1S/C20H32O/c1-13-14-6-7-16-19(4)10-5-9-18(2,3)15(19)8-11-20(16,12-14)17(13)21/h14-17,21H,1,5-12H2,2-4H3/t14-,15-,16-,17+,19-,20-/m1/s1. The van der Waals surface area contributed by atoms with Crippen molar-refractivity contribution in [3.05, 3.63) is 12.2 Å². The zero-order chi connectivity index (χ0) is 15.0. The van der Waals surface area contributed by atoms with E-state index in [9.17, 15) is 5.11 Å². The lowest BCUT2D eigenvalue weighted by Crippen LogP contribution is -2.58. The van der Waals surface area contributed by atoms with Crippen LogP contribution < -0.4 is 0 Å². The van der Waals surface area contributed by atoms with Crippen LogP contribution in [0.25, 0.3) is 0 Å². The van der Waals surface area contributed by atoms with E-state index in [2.05, 4.69) is 27.4 Å². The molecule has 0 amide bonds. The average Bonchev–Trinajstić information content (AvgIpc) is 2.59. The highest BCUT2D eigenvalue weighted by Crippen LogP contribution is 2.71. The van der Waals surface area contributed by atoms with Gasteiger partial charge in [-0.1, -0.05) is 33.8 Å². The van der Waals surface area contributed by atoms with Crippen molar-refractivity contribution >= 4 is 0 Å². The molecule has 0 heterocycles. The van der Waals surface area contributed by atoms with E-state index in [1.165, 1.54) is 56.9 Å². The molecule has 4 fully saturated rings. The quantitative estimate of drug-likeness (QED) is 0.626. The first kappa shape index (κ1) is 14.3. The minimum Gasteiger partial charge on any atom is -0.388 e. The number of aliphatic hydroxyl groups is 1. The van der Waals surface area contributed by atoms with E-state index in [1.807, 2.05) is 0 Å². The first-order valence-electron chi connectivity index (χ1n) is 9.18. The molecule has 21 heavy (non-hydrogen) atoms. The van der Waals surface area contributed by atoms with E-state index in [1.54, 1.807) is 0 Å². The molecule has 118 valence electrons. The molecular weight excluding hydrogens is 256 g/mol. The normalized spacial score (nSPS) is 55.0. The molecule has 0 aliphatic heterocycles. The molecule has 0 radical (unpaired) electrons. The van der Waals surface area contributed by atoms with Crippen LogP contribution in [0.1, 0.15) is 72.1 Å². The maximum atomic E-state index is 11.0. The lowest BCUT2D eigenvalue weighted by molar-refractivity contribution is -0.167. The van der Waals surface area contributed by atoms with Crippen LogP contribution in [-0.2, 0) is 0 Å². The second kappa shape index (κ2) is 4.16. The van der Waals surface area contributed by atoms with Crippen LogP contribution in [0.15, 0.2) is 12.2 Å². The van der Waals surface area contributed by atoms with Gasteiger partial charge in [-0.3, -0.25) is 0 Å². The number of hydrogen-bond acceptors (Lipinski definition) is 1. The molecule has 0 aromatic carbocycles. The van der Waals surface area contributed by atoms with Crippen LogP contribution in [0, 0.1) is 34.0 Å². The molecule has 1 spiro atoms. The molecule has 4 saturated carbocycles. The Morgan fingerprint density at radius 2 is 1.76 bits per heavy atom. The van der Waals surface area contributed by atoms with Gasteiger partial charge in [-0.05, 0) is 79.1 Å². The molecule has 2 bridgehead atoms. The van der Waals surface area contributed by atoms with Gasteiger partial charge in [0.1, 0.15) is 0 Å². The molecule has 0 saturated heterocycles. The maximum absolute atomic E-state index is 11.0. The van der Waals surface area contributed by atoms with Crippen molar-refractivity contribution in [1.82, 2.24) is 0 Å². The topological polar surface area (TPSA) is 20.2 Å². The third-order valence-corrected chi connectivity index (χ3v) is 8.51. The molecule has 0 unspecified atom stereocenters. The van der Waals surface area contributed by atoms with Gasteiger partial charge < -0.3 is 5.11 Å². The van der Waals surface area contributed by atoms with Gasteiger partial charge in [0, 0.05) is 5.41 Å². The smallest absolute Gasteiger partial charge is 0.0809 e. The number of aliphatic hydroxyl groups excluding tert-OH is 1. The van der Waals surface area contributed by atoms with Gasteiger partial charge in [-0.2, -0.15) is 0 Å². The summed E-state index contributed by atoms with van der Waals surface area (Å²) in [5.74, 6) is 2.20. The molecule has 1 nitrogen and oxygen atoms in total. The summed E-state index contributed by atoms with van der Waals surface area (Å²) >= 11 is 0. The lowest BCUT2D eigenvalue weighted by Gasteiger charge is -2.64. The average molecular weight is 288 g/mol. The van der Waals surface area contributed by atoms with E-state index < -0.39 is 0 Å². The van der Waals surface area contributed by atoms with Crippen LogP contribution in [-0.4, -0.2) is 11.2 Å². The summed E-state index contributed by atoms with van der Waals surface area (Å²) < 4.78 is 0. The molecule has 4 aliphatic rings. The maximum Gasteiger partial charge on any atom is 0.0809 e. The van der Waals surface area contributed by atoms with Crippen molar-refractivity contribution in [3.8, 4) is 0 Å². The van der Waals surface area contributed by atoms with Gasteiger partial charge >= 0.3 is 0 Å². The lowest BCUT2D eigenvalue weighted by atomic mass is 9.41. The Hall–Kier alpha value is -0.300. The predicted octanol–water partition coefficient (Wildman–Crippen LogP) is 4.95. The minimum atomic E-state index is -0.210. The molecule has 1 heteroatoms. The second-order valence-corrected chi connectivity index (χ2v) is 9.68. The van der Waals surface area contributed by atoms with Gasteiger partial charge in [-0.15, -0.1) is 0 Å². The van der Waals surface area contributed by atoms with Crippen molar-refractivity contribution in [2.24, 2.45) is 34.0 Å². The molecule has 6 atom stereocenters. The number of hydrogen-bond donors (Lipinski definition) is 1. The zero-order valence-electron chi connectivity index (χ0n) is 14.1. The Morgan fingerprint density at radius 3 is 2.52 bits per heavy atom. The van der Waals surface area contributed by atoms with Gasteiger partial charge in [0.25, 0.3) is 0 Å². The fourth-order valence-corrected chi connectivity index (χ4v) is 7.69. The fraction of sp³-hybridized carbons (Fsp3) is 0.900. The predicted molar refractivity (Wildman–Crippen MR) is 86.9 cm³/mol. The van der Waals surface area contributed by atoms with E-state index in [4.69, 9.17) is 0 Å². The number of rotatable bonds is 0. The summed E-state index contributed by atoms with van der Waals surface area (Å²) in [5.41, 5.74) is 2.32. The minimum absolute atomic E-state index is 0.193. The van der Waals surface area contributed by atoms with Gasteiger partial charge in [0.05, 0.1) is 6.10 Å². The van der Waals surface area contributed by atoms with E-state index in [0.29, 0.717) is 16.7 Å². The zero-order valence-corrected chi connectivity index (χ0v) is 14.1. The summed E-state index contributed by atoms with van der Waals surface area (Å²) in [6, 6.07) is 0. The Balaban J connectivity index is 1.77. The summed E-state index contributed by atoms with van der Waals surface area (Å²) in [7, 11) is 0. The molecule has 4 aliphatic carbocycles. The summed E-state index contributed by atoms with van der Waals surface area (Å²) in [6.45, 7) is 11.9. The highest BCUT2D eigenvalue weighted by atomic mass is 16.3. The third-order valence-electron chi connectivity index (χ3n) is 8.51.